The number of imidazole rings is 1. The van der Waals surface area contributed by atoms with E-state index in [1.807, 2.05) is 30.6 Å². The van der Waals surface area contributed by atoms with Crippen molar-refractivity contribution in [1.29, 1.82) is 0 Å². The van der Waals surface area contributed by atoms with Gasteiger partial charge in [0.25, 0.3) is 0 Å². The van der Waals surface area contributed by atoms with Gasteiger partial charge in [0.05, 0.1) is 0 Å². The maximum absolute atomic E-state index is 5.77. The van der Waals surface area contributed by atoms with Crippen molar-refractivity contribution >= 4 is 17.2 Å². The second kappa shape index (κ2) is 5.97. The van der Waals surface area contributed by atoms with Gasteiger partial charge in [0.2, 0.25) is 0 Å². The molecule has 100 valence electrons. The Kier molecular flexibility index (Phi) is 4.32. The van der Waals surface area contributed by atoms with E-state index < -0.39 is 0 Å². The molecule has 0 fully saturated rings. The van der Waals surface area contributed by atoms with E-state index >= 15 is 0 Å². The van der Waals surface area contributed by atoms with Crippen molar-refractivity contribution in [2.75, 3.05) is 0 Å². The Bertz CT molecular complexity index is 572. The summed E-state index contributed by atoms with van der Waals surface area (Å²) < 4.78 is 2.16. The Hall–Kier alpha value is -1.68. The molecule has 0 spiro atoms. The number of thiocarbonyl (C=S) groups is 1. The minimum absolute atomic E-state index is 0.445. The van der Waals surface area contributed by atoms with E-state index in [9.17, 15) is 0 Å². The van der Waals surface area contributed by atoms with Crippen LogP contribution in [0.3, 0.4) is 0 Å². The number of nitrogens with zero attached hydrogens (tertiary/aromatic N) is 2. The van der Waals surface area contributed by atoms with E-state index in [1.54, 1.807) is 0 Å². The number of nitrogens with two attached hydrogens (primary N) is 1. The van der Waals surface area contributed by atoms with Gasteiger partial charge in [0.15, 0.2) is 0 Å². The zero-order valence-corrected chi connectivity index (χ0v) is 12.2. The van der Waals surface area contributed by atoms with Crippen molar-refractivity contribution in [3.8, 4) is 0 Å². The lowest BCUT2D eigenvalue weighted by molar-refractivity contribution is 0.590. The predicted molar refractivity (Wildman–Crippen MR) is 82.2 cm³/mol. The maximum Gasteiger partial charge on any atom is 0.109 e. The molecule has 1 aromatic heterocycles. The number of aromatic nitrogens is 2. The van der Waals surface area contributed by atoms with Crippen molar-refractivity contribution in [1.82, 2.24) is 9.55 Å². The lowest BCUT2D eigenvalue weighted by Crippen LogP contribution is -2.15. The average molecular weight is 273 g/mol. The third kappa shape index (κ3) is 3.41. The molecule has 2 N–H and O–H groups in total. The number of rotatable bonds is 5. The number of hydrogen-bond acceptors (Lipinski definition) is 2. The molecule has 3 nitrogen and oxygen atoms in total. The largest absolute Gasteiger partial charge is 0.389 e. The molecule has 4 heteroatoms. The van der Waals surface area contributed by atoms with Crippen molar-refractivity contribution in [3.05, 3.63) is 53.6 Å². The van der Waals surface area contributed by atoms with Gasteiger partial charge in [-0.25, -0.2) is 4.98 Å². The molecule has 2 rings (SSSR count). The summed E-state index contributed by atoms with van der Waals surface area (Å²) in [5.41, 5.74) is 7.85. The first-order chi connectivity index (χ1) is 9.08. The zero-order chi connectivity index (χ0) is 13.8. The summed E-state index contributed by atoms with van der Waals surface area (Å²) in [6.07, 6.45) is 4.83. The molecule has 19 heavy (non-hydrogen) atoms. The summed E-state index contributed by atoms with van der Waals surface area (Å²) in [7, 11) is 0. The fourth-order valence-electron chi connectivity index (χ4n) is 2.12. The summed E-state index contributed by atoms with van der Waals surface area (Å²) in [6, 6.07) is 8.00. The SMILES string of the molecule is CC(C)Cc1nccn1Cc1ccccc1C(N)=S. The average Bonchev–Trinajstić information content (AvgIpc) is 2.76. The van der Waals surface area contributed by atoms with Crippen LogP contribution >= 0.6 is 12.2 Å². The minimum Gasteiger partial charge on any atom is -0.389 e. The van der Waals surface area contributed by atoms with Crippen LogP contribution in [-0.4, -0.2) is 14.5 Å². The molecular formula is C15H19N3S. The number of hydrogen-bond donors (Lipinski definition) is 1. The van der Waals surface area contributed by atoms with Crippen molar-refractivity contribution in [2.24, 2.45) is 11.7 Å². The van der Waals surface area contributed by atoms with E-state index in [1.165, 1.54) is 0 Å². The van der Waals surface area contributed by atoms with Crippen LogP contribution in [0.5, 0.6) is 0 Å². The Morgan fingerprint density at radius 1 is 1.37 bits per heavy atom. The summed E-state index contributed by atoms with van der Waals surface area (Å²) in [6.45, 7) is 5.15. The first-order valence-corrected chi connectivity index (χ1v) is 6.86. The molecule has 2 aromatic rings. The van der Waals surface area contributed by atoms with Crippen LogP contribution in [0, 0.1) is 5.92 Å². The van der Waals surface area contributed by atoms with Crippen LogP contribution < -0.4 is 5.73 Å². The van der Waals surface area contributed by atoms with Gasteiger partial charge in [-0.05, 0) is 11.5 Å². The summed E-state index contributed by atoms with van der Waals surface area (Å²) in [4.78, 5) is 4.87. The predicted octanol–water partition coefficient (Wildman–Crippen LogP) is 2.76. The van der Waals surface area contributed by atoms with Crippen LogP contribution in [0.4, 0.5) is 0 Å². The summed E-state index contributed by atoms with van der Waals surface area (Å²) >= 11 is 5.10. The quantitative estimate of drug-likeness (QED) is 0.852. The van der Waals surface area contributed by atoms with Crippen LogP contribution in [0.15, 0.2) is 36.7 Å². The molecule has 0 bridgehead atoms. The minimum atomic E-state index is 0.445. The molecule has 0 atom stereocenters. The summed E-state index contributed by atoms with van der Waals surface area (Å²) in [5, 5.41) is 0. The smallest absolute Gasteiger partial charge is 0.109 e. The standard InChI is InChI=1S/C15H19N3S/c1-11(2)9-14-17-7-8-18(14)10-12-5-3-4-6-13(12)15(16)19/h3-8,11H,9-10H2,1-2H3,(H2,16,19). The highest BCUT2D eigenvalue weighted by Crippen LogP contribution is 2.13. The van der Waals surface area contributed by atoms with E-state index in [4.69, 9.17) is 18.0 Å². The van der Waals surface area contributed by atoms with Crippen molar-refractivity contribution < 1.29 is 0 Å². The topological polar surface area (TPSA) is 43.8 Å². The molecule has 0 aliphatic heterocycles. The Labute approximate surface area is 119 Å². The summed E-state index contributed by atoms with van der Waals surface area (Å²) in [5.74, 6) is 1.69. The van der Waals surface area contributed by atoms with Gasteiger partial charge in [0.1, 0.15) is 10.8 Å². The highest BCUT2D eigenvalue weighted by atomic mass is 32.1. The van der Waals surface area contributed by atoms with Gasteiger partial charge >= 0.3 is 0 Å². The highest BCUT2D eigenvalue weighted by molar-refractivity contribution is 7.80. The van der Waals surface area contributed by atoms with Gasteiger partial charge in [-0.1, -0.05) is 50.3 Å². The fourth-order valence-corrected chi connectivity index (χ4v) is 2.32. The lowest BCUT2D eigenvalue weighted by atomic mass is 10.1. The van der Waals surface area contributed by atoms with Gasteiger partial charge < -0.3 is 10.3 Å². The fraction of sp³-hybridized carbons (Fsp3) is 0.333. The van der Waals surface area contributed by atoms with Crippen LogP contribution in [0.2, 0.25) is 0 Å². The van der Waals surface area contributed by atoms with Crippen LogP contribution in [0.1, 0.15) is 30.8 Å². The molecule has 0 radical (unpaired) electrons. The van der Waals surface area contributed by atoms with E-state index in [-0.39, 0.29) is 0 Å². The van der Waals surface area contributed by atoms with E-state index in [0.29, 0.717) is 10.9 Å². The molecule has 1 heterocycles. The van der Waals surface area contributed by atoms with Crippen molar-refractivity contribution in [3.63, 3.8) is 0 Å². The van der Waals surface area contributed by atoms with Crippen LogP contribution in [-0.2, 0) is 13.0 Å². The third-order valence-electron chi connectivity index (χ3n) is 3.02. The van der Waals surface area contributed by atoms with Crippen LogP contribution in [0.25, 0.3) is 0 Å². The van der Waals surface area contributed by atoms with Gasteiger partial charge in [-0.3, -0.25) is 0 Å². The molecule has 0 unspecified atom stereocenters. The first-order valence-electron chi connectivity index (χ1n) is 6.45. The maximum atomic E-state index is 5.77. The Morgan fingerprint density at radius 3 is 2.79 bits per heavy atom. The molecule has 0 saturated heterocycles. The van der Waals surface area contributed by atoms with Crippen molar-refractivity contribution in [2.45, 2.75) is 26.8 Å². The second-order valence-electron chi connectivity index (χ2n) is 5.09. The lowest BCUT2D eigenvalue weighted by Gasteiger charge is -2.12. The highest BCUT2D eigenvalue weighted by Gasteiger charge is 2.09. The van der Waals surface area contributed by atoms with Gasteiger partial charge in [-0.15, -0.1) is 0 Å². The Morgan fingerprint density at radius 2 is 2.11 bits per heavy atom. The molecule has 0 amide bonds. The zero-order valence-electron chi connectivity index (χ0n) is 11.3. The molecule has 0 aliphatic rings. The number of benzene rings is 1. The monoisotopic (exact) mass is 273 g/mol. The van der Waals surface area contributed by atoms with E-state index in [0.717, 1.165) is 29.9 Å². The van der Waals surface area contributed by atoms with Gasteiger partial charge in [-0.2, -0.15) is 0 Å². The Balaban J connectivity index is 2.27. The second-order valence-corrected chi connectivity index (χ2v) is 5.53. The first kappa shape index (κ1) is 13.7. The molecular weight excluding hydrogens is 254 g/mol. The molecule has 0 saturated carbocycles. The molecule has 1 aromatic carbocycles. The molecule has 0 aliphatic carbocycles. The van der Waals surface area contributed by atoms with E-state index in [2.05, 4.69) is 29.5 Å². The normalized spacial score (nSPS) is 10.9. The van der Waals surface area contributed by atoms with Gasteiger partial charge in [0, 0.05) is 30.9 Å². The third-order valence-corrected chi connectivity index (χ3v) is 3.24.